The molecule has 2 fully saturated rings. The van der Waals surface area contributed by atoms with Crippen molar-refractivity contribution in [3.05, 3.63) is 35.9 Å². The van der Waals surface area contributed by atoms with Gasteiger partial charge in [0.2, 0.25) is 11.8 Å². The van der Waals surface area contributed by atoms with Gasteiger partial charge in [0.25, 0.3) is 0 Å². The molecule has 19 nitrogen and oxygen atoms in total. The van der Waals surface area contributed by atoms with E-state index in [0.717, 1.165) is 58.4 Å². The van der Waals surface area contributed by atoms with Crippen molar-refractivity contribution in [2.75, 3.05) is 26.9 Å². The first kappa shape index (κ1) is 49.7. The van der Waals surface area contributed by atoms with Crippen molar-refractivity contribution in [3.63, 3.8) is 0 Å². The van der Waals surface area contributed by atoms with E-state index >= 15 is 0 Å². The molecule has 0 bridgehead atoms. The zero-order valence-corrected chi connectivity index (χ0v) is 35.4. The van der Waals surface area contributed by atoms with Crippen molar-refractivity contribution < 1.29 is 80.9 Å². The number of ether oxygens (including phenoxy) is 10. The third kappa shape index (κ3) is 17.1. The van der Waals surface area contributed by atoms with Crippen LogP contribution in [0.2, 0.25) is 0 Å². The van der Waals surface area contributed by atoms with Gasteiger partial charge in [-0.2, -0.15) is 0 Å². The van der Waals surface area contributed by atoms with Gasteiger partial charge in [-0.1, -0.05) is 56.0 Å². The van der Waals surface area contributed by atoms with Crippen LogP contribution in [0, 0.1) is 0 Å². The molecule has 2 heterocycles. The summed E-state index contributed by atoms with van der Waals surface area (Å²) in [5.41, 5.74) is 0.760. The molecule has 19 heteroatoms. The maximum atomic E-state index is 12.8. The topological polar surface area (TPSA) is 236 Å². The third-order valence-corrected chi connectivity index (χ3v) is 9.40. The van der Waals surface area contributed by atoms with E-state index in [2.05, 4.69) is 10.6 Å². The Bertz CT molecular complexity index is 1560. The van der Waals surface area contributed by atoms with Gasteiger partial charge in [0.15, 0.2) is 24.8 Å². The van der Waals surface area contributed by atoms with Crippen LogP contribution in [0.25, 0.3) is 0 Å². The van der Waals surface area contributed by atoms with E-state index in [4.69, 9.17) is 47.4 Å². The molecule has 0 radical (unpaired) electrons. The van der Waals surface area contributed by atoms with Crippen LogP contribution in [0.5, 0.6) is 0 Å². The molecule has 0 unspecified atom stereocenters. The lowest BCUT2D eigenvalue weighted by atomic mass is 9.93. The number of amides is 2. The fourth-order valence-corrected chi connectivity index (χ4v) is 6.84. The van der Waals surface area contributed by atoms with Crippen LogP contribution in [-0.2, 0) is 87.5 Å². The number of benzene rings is 1. The van der Waals surface area contributed by atoms with Crippen LogP contribution in [0.1, 0.15) is 92.1 Å². The Hall–Kier alpha value is -4.69. The van der Waals surface area contributed by atoms with Crippen molar-refractivity contribution in [2.45, 2.75) is 154 Å². The van der Waals surface area contributed by atoms with Crippen LogP contribution < -0.4 is 10.6 Å². The summed E-state index contributed by atoms with van der Waals surface area (Å²) < 4.78 is 58.8. The number of nitrogens with one attached hydrogen (secondary N) is 2. The molecule has 1 aromatic rings. The molecule has 2 aliphatic heterocycles. The van der Waals surface area contributed by atoms with Gasteiger partial charge in [-0.3, -0.25) is 33.6 Å². The van der Waals surface area contributed by atoms with Crippen molar-refractivity contribution in [3.8, 4) is 0 Å². The summed E-state index contributed by atoms with van der Waals surface area (Å²) in [6, 6.07) is 6.74. The maximum absolute atomic E-state index is 12.8. The average Bonchev–Trinajstić information content (AvgIpc) is 3.17. The number of methoxy groups -OCH3 is 1. The molecule has 60 heavy (non-hydrogen) atoms. The first-order chi connectivity index (χ1) is 28.6. The standard InChI is InChI=1S/C41H60N2O17/c1-24(44)42-34-38(55-21-30-17-13-12-14-18-30)36(31(22-53-26(3)46)58-40(34)52-20-16-11-9-8-10-15-19-33(50)51-7)60-41-35(43-25(2)45)39(57-29(6)49)37(56-28(5)48)32(59-41)23-54-27(4)47/h12-14,17-18,31-32,34-41H,8-11,15-16,19-23H2,1-7H3,(H,42,44)(H,43,45)/t31-,32-,34-,35-,36-,37-,38-,39-,40-,41+/m1/s1. The Morgan fingerprint density at radius 2 is 1.10 bits per heavy atom. The van der Waals surface area contributed by atoms with Crippen molar-refractivity contribution in [1.82, 2.24) is 10.6 Å². The van der Waals surface area contributed by atoms with Crippen LogP contribution in [0.3, 0.4) is 0 Å². The van der Waals surface area contributed by atoms with E-state index < -0.39 is 104 Å². The normalized spacial score (nSPS) is 26.2. The number of rotatable bonds is 23. The Kier molecular flexibility index (Phi) is 21.4. The zero-order chi connectivity index (χ0) is 44.2. The van der Waals surface area contributed by atoms with E-state index in [9.17, 15) is 33.6 Å². The molecular weight excluding hydrogens is 792 g/mol. The highest BCUT2D eigenvalue weighted by Gasteiger charge is 2.55. The summed E-state index contributed by atoms with van der Waals surface area (Å²) in [6.45, 7) is 6.46. The van der Waals surface area contributed by atoms with E-state index in [1.54, 1.807) is 0 Å². The number of hydrogen-bond acceptors (Lipinski definition) is 17. The SMILES string of the molecule is COC(=O)CCCCCCCCO[C@@H]1O[C@H](COC(C)=O)[C@@H](O[C@@H]2O[C@H](COC(C)=O)[C@@H](OC(C)=O)[C@H](OC(C)=O)[C@H]2NC(C)=O)[C@H](OCc2ccccc2)[C@H]1NC(C)=O. The summed E-state index contributed by atoms with van der Waals surface area (Å²) in [4.78, 5) is 85.9. The number of esters is 5. The van der Waals surface area contributed by atoms with Crippen molar-refractivity contribution in [1.29, 1.82) is 0 Å². The second-order valence-electron chi connectivity index (χ2n) is 14.5. The zero-order valence-electron chi connectivity index (χ0n) is 35.4. The lowest BCUT2D eigenvalue weighted by Crippen LogP contribution is -2.70. The van der Waals surface area contributed by atoms with Gasteiger partial charge in [-0.15, -0.1) is 0 Å². The van der Waals surface area contributed by atoms with Crippen molar-refractivity contribution in [2.24, 2.45) is 0 Å². The molecule has 0 spiro atoms. The van der Waals surface area contributed by atoms with Gasteiger partial charge in [-0.05, 0) is 18.4 Å². The summed E-state index contributed by atoms with van der Waals surface area (Å²) in [7, 11) is 1.36. The molecule has 2 aliphatic rings. The van der Waals surface area contributed by atoms with E-state index in [-0.39, 0.29) is 25.8 Å². The molecule has 1 aromatic carbocycles. The van der Waals surface area contributed by atoms with E-state index in [0.29, 0.717) is 12.8 Å². The lowest BCUT2D eigenvalue weighted by Gasteiger charge is -2.50. The maximum Gasteiger partial charge on any atom is 0.305 e. The third-order valence-electron chi connectivity index (χ3n) is 9.40. The monoisotopic (exact) mass is 852 g/mol. The van der Waals surface area contributed by atoms with Gasteiger partial charge >= 0.3 is 29.8 Å². The van der Waals surface area contributed by atoms with Gasteiger partial charge in [0.05, 0.1) is 13.7 Å². The Balaban J connectivity index is 2.03. The summed E-state index contributed by atoms with van der Waals surface area (Å²) in [6.07, 6.45) is -5.20. The van der Waals surface area contributed by atoms with E-state index in [1.165, 1.54) is 27.9 Å². The molecule has 2 amide bonds. The number of carbonyl (C=O) groups excluding carboxylic acids is 7. The fraction of sp³-hybridized carbons (Fsp3) is 0.683. The minimum Gasteiger partial charge on any atom is -0.469 e. The fourth-order valence-electron chi connectivity index (χ4n) is 6.84. The van der Waals surface area contributed by atoms with Crippen LogP contribution >= 0.6 is 0 Å². The highest BCUT2D eigenvalue weighted by Crippen LogP contribution is 2.34. The van der Waals surface area contributed by atoms with Crippen LogP contribution in [0.15, 0.2) is 30.3 Å². The van der Waals surface area contributed by atoms with Gasteiger partial charge in [0.1, 0.15) is 49.7 Å². The second kappa shape index (κ2) is 25.8. The minimum atomic E-state index is -1.56. The number of hydrogen-bond donors (Lipinski definition) is 2. The molecular formula is C41H60N2O17. The first-order valence-electron chi connectivity index (χ1n) is 20.0. The predicted molar refractivity (Wildman–Crippen MR) is 207 cm³/mol. The summed E-state index contributed by atoms with van der Waals surface area (Å²) >= 11 is 0. The number of unbranched alkanes of at least 4 members (excludes halogenated alkanes) is 5. The van der Waals surface area contributed by atoms with Gasteiger partial charge < -0.3 is 58.0 Å². The average molecular weight is 853 g/mol. The summed E-state index contributed by atoms with van der Waals surface area (Å²) in [5.74, 6) is -4.22. The van der Waals surface area contributed by atoms with Crippen molar-refractivity contribution >= 4 is 41.7 Å². The Morgan fingerprint density at radius 1 is 0.583 bits per heavy atom. The first-order valence-corrected chi connectivity index (χ1v) is 20.0. The molecule has 0 aromatic heterocycles. The molecule has 10 atom stereocenters. The smallest absolute Gasteiger partial charge is 0.305 e. The molecule has 2 saturated heterocycles. The molecule has 336 valence electrons. The Labute approximate surface area is 350 Å². The Morgan fingerprint density at radius 3 is 1.65 bits per heavy atom. The van der Waals surface area contributed by atoms with E-state index in [1.807, 2.05) is 30.3 Å². The van der Waals surface area contributed by atoms with Crippen LogP contribution in [-0.4, -0.2) is 130 Å². The molecule has 3 rings (SSSR count). The molecule has 2 N–H and O–H groups in total. The minimum absolute atomic E-state index is 0.00472. The highest BCUT2D eigenvalue weighted by molar-refractivity contribution is 5.74. The largest absolute Gasteiger partial charge is 0.469 e. The summed E-state index contributed by atoms with van der Waals surface area (Å²) in [5, 5.41) is 5.55. The van der Waals surface area contributed by atoms with Gasteiger partial charge in [0, 0.05) is 54.6 Å². The predicted octanol–water partition coefficient (Wildman–Crippen LogP) is 2.33. The molecule has 0 aliphatic carbocycles. The van der Waals surface area contributed by atoms with Crippen LogP contribution in [0.4, 0.5) is 0 Å². The quantitative estimate of drug-likeness (QED) is 0.0913. The highest BCUT2D eigenvalue weighted by atomic mass is 16.7. The molecule has 0 saturated carbocycles. The van der Waals surface area contributed by atoms with Gasteiger partial charge in [-0.25, -0.2) is 0 Å². The lowest BCUT2D eigenvalue weighted by molar-refractivity contribution is -0.338. The number of carbonyl (C=O) groups is 7. The second-order valence-corrected chi connectivity index (χ2v) is 14.5.